The van der Waals surface area contributed by atoms with E-state index in [1.165, 1.54) is 0 Å². The van der Waals surface area contributed by atoms with Gasteiger partial charge in [0, 0.05) is 0 Å². The van der Waals surface area contributed by atoms with Crippen molar-refractivity contribution in [3.8, 4) is 0 Å². The minimum atomic E-state index is -1.64. The summed E-state index contributed by atoms with van der Waals surface area (Å²) in [5.41, 5.74) is 0. The number of hydrogen-bond acceptors (Lipinski definition) is 6. The van der Waals surface area contributed by atoms with E-state index in [1.54, 1.807) is 0 Å². The number of aliphatic hydroxyl groups excluding tert-OH is 4. The topological polar surface area (TPSA) is 101 Å². The molecule has 6 heteroatoms. The van der Waals surface area contributed by atoms with Crippen LogP contribution in [-0.2, 0) is 4.79 Å². The molecule has 1 aliphatic rings. The molecule has 100 valence electrons. The molecule has 0 aromatic heterocycles. The average Bonchev–Trinajstić information content (AvgIpc) is 2.37. The molecule has 1 fully saturated rings. The molecule has 0 unspecified atom stereocenters. The summed E-state index contributed by atoms with van der Waals surface area (Å²) in [5, 5.41) is 36.6. The SMILES string of the molecule is O=C(CN1CCCCC1)[C@@H](O)[C@H](O)[C@H](O)CO. The predicted molar refractivity (Wildman–Crippen MR) is 60.4 cm³/mol. The van der Waals surface area contributed by atoms with Gasteiger partial charge in [-0.25, -0.2) is 0 Å². The van der Waals surface area contributed by atoms with Crippen molar-refractivity contribution >= 4 is 5.78 Å². The molecule has 4 N–H and O–H groups in total. The van der Waals surface area contributed by atoms with E-state index in [1.807, 2.05) is 4.90 Å². The summed E-state index contributed by atoms with van der Waals surface area (Å²) >= 11 is 0. The normalized spacial score (nSPS) is 23.1. The molecule has 17 heavy (non-hydrogen) atoms. The molecule has 0 aromatic rings. The number of carbonyl (C=O) groups is 1. The molecule has 6 nitrogen and oxygen atoms in total. The van der Waals surface area contributed by atoms with Crippen molar-refractivity contribution in [1.82, 2.24) is 4.90 Å². The lowest BCUT2D eigenvalue weighted by Crippen LogP contribution is -2.47. The Morgan fingerprint density at radius 3 is 2.24 bits per heavy atom. The zero-order valence-corrected chi connectivity index (χ0v) is 9.83. The second-order valence-corrected chi connectivity index (χ2v) is 4.49. The first kappa shape index (κ1) is 14.5. The van der Waals surface area contributed by atoms with Crippen molar-refractivity contribution in [2.45, 2.75) is 37.6 Å². The molecule has 1 rings (SSSR count). The van der Waals surface area contributed by atoms with Crippen LogP contribution in [0.25, 0.3) is 0 Å². The van der Waals surface area contributed by atoms with Crippen molar-refractivity contribution in [1.29, 1.82) is 0 Å². The second kappa shape index (κ2) is 7.03. The van der Waals surface area contributed by atoms with Crippen molar-refractivity contribution in [2.75, 3.05) is 26.2 Å². The lowest BCUT2D eigenvalue weighted by molar-refractivity contribution is -0.141. The van der Waals surface area contributed by atoms with Gasteiger partial charge in [-0.2, -0.15) is 0 Å². The highest BCUT2D eigenvalue weighted by molar-refractivity contribution is 5.85. The summed E-state index contributed by atoms with van der Waals surface area (Å²) in [6.07, 6.45) is -1.54. The maximum Gasteiger partial charge on any atom is 0.177 e. The van der Waals surface area contributed by atoms with Gasteiger partial charge < -0.3 is 20.4 Å². The van der Waals surface area contributed by atoms with E-state index in [-0.39, 0.29) is 6.54 Å². The minimum absolute atomic E-state index is 0.0797. The summed E-state index contributed by atoms with van der Waals surface area (Å²) in [6, 6.07) is 0. The summed E-state index contributed by atoms with van der Waals surface area (Å²) < 4.78 is 0. The van der Waals surface area contributed by atoms with Crippen molar-refractivity contribution in [2.24, 2.45) is 0 Å². The number of rotatable bonds is 6. The van der Waals surface area contributed by atoms with Crippen LogP contribution < -0.4 is 0 Å². The van der Waals surface area contributed by atoms with Crippen LogP contribution >= 0.6 is 0 Å². The largest absolute Gasteiger partial charge is 0.394 e. The molecule has 0 radical (unpaired) electrons. The molecule has 0 spiro atoms. The average molecular weight is 247 g/mol. The summed E-state index contributed by atoms with van der Waals surface area (Å²) in [7, 11) is 0. The Balaban J connectivity index is 2.40. The smallest absolute Gasteiger partial charge is 0.177 e. The molecular weight excluding hydrogens is 226 g/mol. The van der Waals surface area contributed by atoms with E-state index in [9.17, 15) is 15.0 Å². The highest BCUT2D eigenvalue weighted by Crippen LogP contribution is 2.09. The van der Waals surface area contributed by atoms with Crippen LogP contribution in [0.1, 0.15) is 19.3 Å². The number of carbonyl (C=O) groups excluding carboxylic acids is 1. The first-order chi connectivity index (χ1) is 8.06. The van der Waals surface area contributed by atoms with Crippen LogP contribution in [0, 0.1) is 0 Å². The van der Waals surface area contributed by atoms with E-state index in [4.69, 9.17) is 10.2 Å². The lowest BCUT2D eigenvalue weighted by atomic mass is 10.0. The van der Waals surface area contributed by atoms with Crippen LogP contribution in [0.5, 0.6) is 0 Å². The Bertz CT molecular complexity index is 242. The third-order valence-electron chi connectivity index (χ3n) is 3.06. The number of ketones is 1. The Hall–Kier alpha value is -0.530. The van der Waals surface area contributed by atoms with Gasteiger partial charge in [-0.15, -0.1) is 0 Å². The fraction of sp³-hybridized carbons (Fsp3) is 0.909. The fourth-order valence-electron chi connectivity index (χ4n) is 1.94. The Morgan fingerprint density at radius 1 is 1.12 bits per heavy atom. The Labute approximate surface area is 100 Å². The lowest BCUT2D eigenvalue weighted by Gasteiger charge is -2.28. The highest BCUT2D eigenvalue weighted by Gasteiger charge is 2.30. The first-order valence-electron chi connectivity index (χ1n) is 5.96. The quantitative estimate of drug-likeness (QED) is 0.438. The molecule has 0 aromatic carbocycles. The van der Waals surface area contributed by atoms with Crippen molar-refractivity contribution in [3.05, 3.63) is 0 Å². The molecule has 1 aliphatic heterocycles. The van der Waals surface area contributed by atoms with E-state index in [0.29, 0.717) is 0 Å². The molecule has 0 saturated carbocycles. The van der Waals surface area contributed by atoms with Gasteiger partial charge in [0.25, 0.3) is 0 Å². The van der Waals surface area contributed by atoms with Gasteiger partial charge in [0.15, 0.2) is 5.78 Å². The first-order valence-corrected chi connectivity index (χ1v) is 5.96. The molecule has 0 aliphatic carbocycles. The number of piperidine rings is 1. The zero-order chi connectivity index (χ0) is 12.8. The molecule has 1 saturated heterocycles. The number of hydrogen-bond donors (Lipinski definition) is 4. The second-order valence-electron chi connectivity index (χ2n) is 4.49. The van der Waals surface area contributed by atoms with Crippen LogP contribution in [0.15, 0.2) is 0 Å². The molecule has 0 amide bonds. The van der Waals surface area contributed by atoms with Gasteiger partial charge in [-0.1, -0.05) is 6.42 Å². The molecule has 1 heterocycles. The monoisotopic (exact) mass is 247 g/mol. The van der Waals surface area contributed by atoms with E-state index in [0.717, 1.165) is 32.4 Å². The van der Waals surface area contributed by atoms with Crippen LogP contribution in [0.2, 0.25) is 0 Å². The van der Waals surface area contributed by atoms with Gasteiger partial charge in [0.2, 0.25) is 0 Å². The van der Waals surface area contributed by atoms with Crippen molar-refractivity contribution < 1.29 is 25.2 Å². The molecular formula is C11H21NO5. The van der Waals surface area contributed by atoms with Crippen LogP contribution in [0.4, 0.5) is 0 Å². The third-order valence-corrected chi connectivity index (χ3v) is 3.06. The summed E-state index contributed by atoms with van der Waals surface area (Å²) in [4.78, 5) is 13.6. The van der Waals surface area contributed by atoms with Gasteiger partial charge in [-0.3, -0.25) is 9.69 Å². The highest BCUT2D eigenvalue weighted by atomic mass is 16.4. The summed E-state index contributed by atoms with van der Waals surface area (Å²) in [6.45, 7) is 1.03. The van der Waals surface area contributed by atoms with Crippen molar-refractivity contribution in [3.63, 3.8) is 0 Å². The standard InChI is InChI=1S/C11H21NO5/c13-7-9(15)11(17)10(16)8(14)6-12-4-2-1-3-5-12/h9-11,13,15-17H,1-7H2/t9-,10-,11-/m1/s1. The minimum Gasteiger partial charge on any atom is -0.394 e. The zero-order valence-electron chi connectivity index (χ0n) is 9.83. The van der Waals surface area contributed by atoms with E-state index < -0.39 is 30.7 Å². The number of likely N-dealkylation sites (tertiary alicyclic amines) is 1. The van der Waals surface area contributed by atoms with Gasteiger partial charge in [-0.05, 0) is 25.9 Å². The Kier molecular flexibility index (Phi) is 6.01. The van der Waals surface area contributed by atoms with Gasteiger partial charge in [0.05, 0.1) is 13.2 Å². The number of Topliss-reactive ketones (excluding diaryl/α,β-unsaturated/α-hetero) is 1. The molecule has 3 atom stereocenters. The van der Waals surface area contributed by atoms with Gasteiger partial charge in [0.1, 0.15) is 18.3 Å². The Morgan fingerprint density at radius 2 is 1.71 bits per heavy atom. The van der Waals surface area contributed by atoms with Crippen LogP contribution in [0.3, 0.4) is 0 Å². The maximum absolute atomic E-state index is 11.6. The van der Waals surface area contributed by atoms with E-state index in [2.05, 4.69) is 0 Å². The molecule has 0 bridgehead atoms. The van der Waals surface area contributed by atoms with E-state index >= 15 is 0 Å². The van der Waals surface area contributed by atoms with Crippen LogP contribution in [-0.4, -0.2) is 75.7 Å². The predicted octanol–water partition coefficient (Wildman–Crippen LogP) is -1.88. The summed E-state index contributed by atoms with van der Waals surface area (Å²) in [5.74, 6) is -0.521. The maximum atomic E-state index is 11.6. The third kappa shape index (κ3) is 4.33. The number of aliphatic hydroxyl groups is 4. The number of nitrogens with zero attached hydrogens (tertiary/aromatic N) is 1. The fourth-order valence-corrected chi connectivity index (χ4v) is 1.94. The van der Waals surface area contributed by atoms with Gasteiger partial charge >= 0.3 is 0 Å².